The van der Waals surface area contributed by atoms with Crippen LogP contribution in [-0.4, -0.2) is 35.5 Å². The van der Waals surface area contributed by atoms with Crippen LogP contribution in [-0.2, 0) is 7.05 Å². The zero-order chi connectivity index (χ0) is 19.3. The molecular formula is C18H19N7O2. The van der Waals surface area contributed by atoms with Gasteiger partial charge < -0.3 is 10.3 Å². The first-order valence-corrected chi connectivity index (χ1v) is 8.56. The Morgan fingerprint density at radius 3 is 2.70 bits per heavy atom. The van der Waals surface area contributed by atoms with E-state index in [-0.39, 0.29) is 17.3 Å². The van der Waals surface area contributed by atoms with Crippen LogP contribution in [0.5, 0.6) is 0 Å². The molecule has 4 aromatic rings. The summed E-state index contributed by atoms with van der Waals surface area (Å²) in [5, 5.41) is 15.3. The number of carbonyl (C=O) groups is 1. The number of amides is 1. The van der Waals surface area contributed by atoms with Crippen molar-refractivity contribution in [3.63, 3.8) is 0 Å². The lowest BCUT2D eigenvalue weighted by Gasteiger charge is -2.14. The van der Waals surface area contributed by atoms with Crippen LogP contribution in [0.2, 0.25) is 0 Å². The summed E-state index contributed by atoms with van der Waals surface area (Å²) in [6, 6.07) is 6.93. The summed E-state index contributed by atoms with van der Waals surface area (Å²) in [6.07, 6.45) is 0. The molecule has 1 atom stereocenters. The average Bonchev–Trinajstić information content (AvgIpc) is 3.17. The van der Waals surface area contributed by atoms with Crippen LogP contribution in [0.15, 0.2) is 29.1 Å². The first-order chi connectivity index (χ1) is 12.9. The Balaban J connectivity index is 1.75. The zero-order valence-corrected chi connectivity index (χ0v) is 15.4. The molecule has 0 aliphatic carbocycles. The second-order valence-electron chi connectivity index (χ2n) is 6.57. The number of hydrogen-bond acceptors (Lipinski definition) is 5. The average molecular weight is 365 g/mol. The van der Waals surface area contributed by atoms with E-state index in [1.54, 1.807) is 16.8 Å². The number of carbonyl (C=O) groups excluding carboxylic acids is 1. The van der Waals surface area contributed by atoms with E-state index in [1.165, 1.54) is 4.52 Å². The topological polar surface area (TPSA) is 110 Å². The van der Waals surface area contributed by atoms with Crippen LogP contribution >= 0.6 is 0 Å². The fourth-order valence-electron chi connectivity index (χ4n) is 3.51. The van der Waals surface area contributed by atoms with Gasteiger partial charge in [-0.1, -0.05) is 17.3 Å². The van der Waals surface area contributed by atoms with Gasteiger partial charge in [0.15, 0.2) is 11.2 Å². The molecule has 1 aromatic carbocycles. The third-order valence-electron chi connectivity index (χ3n) is 4.83. The second kappa shape index (κ2) is 6.04. The summed E-state index contributed by atoms with van der Waals surface area (Å²) >= 11 is 0. The van der Waals surface area contributed by atoms with Crippen molar-refractivity contribution in [1.29, 1.82) is 0 Å². The molecule has 1 amide bonds. The highest BCUT2D eigenvalue weighted by molar-refractivity contribution is 5.99. The van der Waals surface area contributed by atoms with Crippen molar-refractivity contribution in [3.05, 3.63) is 57.3 Å². The monoisotopic (exact) mass is 365 g/mol. The minimum Gasteiger partial charge on any atom is -0.344 e. The lowest BCUT2D eigenvalue weighted by Crippen LogP contribution is -2.29. The Bertz CT molecular complexity index is 1250. The summed E-state index contributed by atoms with van der Waals surface area (Å²) in [5.41, 5.74) is 3.77. The molecule has 0 bridgehead atoms. The molecule has 0 aliphatic heterocycles. The van der Waals surface area contributed by atoms with Crippen molar-refractivity contribution < 1.29 is 4.79 Å². The molecule has 0 saturated heterocycles. The molecule has 3 heterocycles. The summed E-state index contributed by atoms with van der Waals surface area (Å²) < 4.78 is 3.17. The van der Waals surface area contributed by atoms with Crippen LogP contribution in [0.25, 0.3) is 16.6 Å². The van der Waals surface area contributed by atoms with Gasteiger partial charge >= 0.3 is 0 Å². The van der Waals surface area contributed by atoms with E-state index in [4.69, 9.17) is 0 Å². The first-order valence-electron chi connectivity index (χ1n) is 8.56. The summed E-state index contributed by atoms with van der Waals surface area (Å²) in [5.74, 6) is -0.457. The highest BCUT2D eigenvalue weighted by atomic mass is 16.2. The van der Waals surface area contributed by atoms with Gasteiger partial charge in [0.05, 0.1) is 22.8 Å². The SMILES string of the molecule is Cc1nn(C)c(C)c1C(C)NC(=O)c1nnn2c1c(=O)[nH]c1ccccc12. The van der Waals surface area contributed by atoms with E-state index in [2.05, 4.69) is 25.7 Å². The highest BCUT2D eigenvalue weighted by Crippen LogP contribution is 2.21. The summed E-state index contributed by atoms with van der Waals surface area (Å²) in [4.78, 5) is 28.1. The highest BCUT2D eigenvalue weighted by Gasteiger charge is 2.23. The van der Waals surface area contributed by atoms with Crippen LogP contribution in [0.4, 0.5) is 0 Å². The maximum atomic E-state index is 12.8. The molecule has 0 aliphatic rings. The predicted octanol–water partition coefficient (Wildman–Crippen LogP) is 1.41. The van der Waals surface area contributed by atoms with Gasteiger partial charge in [-0.15, -0.1) is 5.10 Å². The maximum absolute atomic E-state index is 12.8. The Morgan fingerprint density at radius 2 is 2.00 bits per heavy atom. The molecule has 3 aromatic heterocycles. The fraction of sp³-hybridized carbons (Fsp3) is 0.278. The number of para-hydroxylation sites is 2. The third kappa shape index (κ3) is 2.59. The van der Waals surface area contributed by atoms with E-state index in [0.29, 0.717) is 11.0 Å². The number of H-pyrrole nitrogens is 1. The lowest BCUT2D eigenvalue weighted by molar-refractivity contribution is 0.0936. The normalized spacial score (nSPS) is 12.6. The fourth-order valence-corrected chi connectivity index (χ4v) is 3.51. The first kappa shape index (κ1) is 17.0. The molecular weight excluding hydrogens is 346 g/mol. The molecule has 27 heavy (non-hydrogen) atoms. The van der Waals surface area contributed by atoms with Crippen LogP contribution < -0.4 is 10.9 Å². The Labute approximate surface area is 154 Å². The molecule has 0 spiro atoms. The minimum absolute atomic E-state index is 0.00644. The van der Waals surface area contributed by atoms with Gasteiger partial charge in [-0.2, -0.15) is 5.10 Å². The standard InChI is InChI=1S/C18H19N7O2/c1-9(14-10(2)22-24(4)11(14)3)19-17(26)15-16-18(27)20-12-7-5-6-8-13(12)25(16)23-21-15/h5-9H,1-4H3,(H,19,26)(H,20,27). The van der Waals surface area contributed by atoms with Crippen LogP contribution in [0, 0.1) is 13.8 Å². The van der Waals surface area contributed by atoms with Crippen molar-refractivity contribution in [2.24, 2.45) is 7.05 Å². The van der Waals surface area contributed by atoms with Gasteiger partial charge in [-0.3, -0.25) is 14.3 Å². The number of fused-ring (bicyclic) bond motifs is 3. The molecule has 138 valence electrons. The summed E-state index contributed by atoms with van der Waals surface area (Å²) in [7, 11) is 1.86. The molecule has 0 fully saturated rings. The number of nitrogens with one attached hydrogen (secondary N) is 2. The smallest absolute Gasteiger partial charge is 0.277 e. The Hall–Kier alpha value is -3.49. The Kier molecular flexibility index (Phi) is 3.79. The second-order valence-corrected chi connectivity index (χ2v) is 6.57. The van der Waals surface area contributed by atoms with Gasteiger partial charge in [-0.25, -0.2) is 4.52 Å². The number of hydrogen-bond donors (Lipinski definition) is 2. The third-order valence-corrected chi connectivity index (χ3v) is 4.83. The minimum atomic E-state index is -0.457. The summed E-state index contributed by atoms with van der Waals surface area (Å²) in [6.45, 7) is 5.72. The largest absolute Gasteiger partial charge is 0.344 e. The van der Waals surface area contributed by atoms with E-state index < -0.39 is 11.5 Å². The van der Waals surface area contributed by atoms with Gasteiger partial charge in [0.1, 0.15) is 0 Å². The van der Waals surface area contributed by atoms with E-state index in [9.17, 15) is 9.59 Å². The van der Waals surface area contributed by atoms with Crippen molar-refractivity contribution in [1.82, 2.24) is 34.9 Å². The number of benzene rings is 1. The molecule has 0 radical (unpaired) electrons. The van der Waals surface area contributed by atoms with Crippen molar-refractivity contribution in [3.8, 4) is 0 Å². The molecule has 9 heteroatoms. The molecule has 4 rings (SSSR count). The molecule has 1 unspecified atom stereocenters. The number of nitrogens with zero attached hydrogens (tertiary/aromatic N) is 5. The van der Waals surface area contributed by atoms with Gasteiger partial charge in [-0.05, 0) is 32.9 Å². The van der Waals surface area contributed by atoms with Crippen LogP contribution in [0.1, 0.15) is 40.4 Å². The van der Waals surface area contributed by atoms with Crippen molar-refractivity contribution in [2.75, 3.05) is 0 Å². The molecule has 9 nitrogen and oxygen atoms in total. The van der Waals surface area contributed by atoms with Gasteiger partial charge in [0, 0.05) is 18.3 Å². The quantitative estimate of drug-likeness (QED) is 0.570. The van der Waals surface area contributed by atoms with Crippen molar-refractivity contribution >= 4 is 22.5 Å². The van der Waals surface area contributed by atoms with E-state index in [1.807, 2.05) is 40.0 Å². The van der Waals surface area contributed by atoms with Crippen LogP contribution in [0.3, 0.4) is 0 Å². The Morgan fingerprint density at radius 1 is 1.26 bits per heavy atom. The van der Waals surface area contributed by atoms with Gasteiger partial charge in [0.25, 0.3) is 11.5 Å². The molecule has 2 N–H and O–H groups in total. The molecule has 0 saturated carbocycles. The van der Waals surface area contributed by atoms with Crippen molar-refractivity contribution in [2.45, 2.75) is 26.8 Å². The number of aryl methyl sites for hydroxylation is 2. The number of aromatic amines is 1. The van der Waals surface area contributed by atoms with E-state index in [0.717, 1.165) is 17.0 Å². The zero-order valence-electron chi connectivity index (χ0n) is 15.4. The number of rotatable bonds is 3. The maximum Gasteiger partial charge on any atom is 0.277 e. The number of aromatic nitrogens is 6. The lowest BCUT2D eigenvalue weighted by atomic mass is 10.1. The predicted molar refractivity (Wildman–Crippen MR) is 99.7 cm³/mol. The van der Waals surface area contributed by atoms with E-state index >= 15 is 0 Å². The van der Waals surface area contributed by atoms with Gasteiger partial charge in [0.2, 0.25) is 0 Å².